The Labute approximate surface area is 134 Å². The molecule has 0 bridgehead atoms. The highest BCUT2D eigenvalue weighted by atomic mass is 16.7. The van der Waals surface area contributed by atoms with Gasteiger partial charge in [0.1, 0.15) is 42.7 Å². The molecule has 0 aromatic heterocycles. The summed E-state index contributed by atoms with van der Waals surface area (Å²) in [6.07, 6.45) is -18.2. The molecule has 9 N–H and O–H groups in total. The van der Waals surface area contributed by atoms with Crippen molar-refractivity contribution in [3.63, 3.8) is 0 Å². The minimum Gasteiger partial charge on any atom is -0.394 e. The molecule has 0 spiro atoms. The maximum absolute atomic E-state index is 12.4. The van der Waals surface area contributed by atoms with Crippen LogP contribution in [0.15, 0.2) is 0 Å². The molecule has 0 radical (unpaired) electrons. The van der Waals surface area contributed by atoms with Gasteiger partial charge in [-0.1, -0.05) is 0 Å². The topological polar surface area (TPSA) is 218 Å². The van der Waals surface area contributed by atoms with E-state index in [0.717, 1.165) is 0 Å². The number of aliphatic hydroxyl groups excluding tert-OH is 8. The van der Waals surface area contributed by atoms with Crippen molar-refractivity contribution in [1.29, 1.82) is 0 Å². The van der Waals surface area contributed by atoms with Crippen molar-refractivity contribution in [1.82, 2.24) is 0 Å². The molecule has 0 aromatic rings. The number of Topliss-reactive ketones (excluding diaryl/α,β-unsaturated/α-hetero) is 1. The zero-order valence-corrected chi connectivity index (χ0v) is 12.2. The van der Waals surface area contributed by atoms with Gasteiger partial charge in [-0.2, -0.15) is 0 Å². The van der Waals surface area contributed by atoms with Crippen LogP contribution in [0.5, 0.6) is 0 Å². The summed E-state index contributed by atoms with van der Waals surface area (Å²) in [6.45, 7) is -0.932. The molecule has 12 heteroatoms. The first-order valence-electron chi connectivity index (χ1n) is 7.03. The Hall–Kier alpha value is -0.770. The summed E-state index contributed by atoms with van der Waals surface area (Å²) in [5.74, 6) is -4.82. The van der Waals surface area contributed by atoms with Gasteiger partial charge in [-0.3, -0.25) is 4.79 Å². The monoisotopic (exact) mass is 356 g/mol. The number of ketones is 1. The van der Waals surface area contributed by atoms with Gasteiger partial charge >= 0.3 is 0 Å². The summed E-state index contributed by atoms with van der Waals surface area (Å²) in [7, 11) is 0. The molecule has 0 aromatic carbocycles. The Bertz CT molecular complexity index is 471. The fourth-order valence-electron chi connectivity index (χ4n) is 2.64. The standard InChI is InChI=1S/C12H20O12/c13-1-2-3(14)6(17)9(19)12(22,24-2)10(20)8-5(16)4(15)7(18)11(21)23-8/h2-9,11,13-19,21-22H,1H2/t2-,3-,4?,5?,6+,7?,8?,9+,11?,12+/m1/s1. The van der Waals surface area contributed by atoms with E-state index in [-0.39, 0.29) is 0 Å². The van der Waals surface area contributed by atoms with E-state index in [1.807, 2.05) is 0 Å². The number of carbonyl (C=O) groups excluding carboxylic acids is 1. The molecular formula is C12H20O12. The molecule has 140 valence electrons. The second kappa shape index (κ2) is 6.86. The first kappa shape index (κ1) is 19.6. The number of rotatable bonds is 3. The Kier molecular flexibility index (Phi) is 5.59. The predicted octanol–water partition coefficient (Wildman–Crippen LogP) is -6.48. The highest BCUT2D eigenvalue weighted by molar-refractivity contribution is 5.91. The van der Waals surface area contributed by atoms with Crippen molar-refractivity contribution in [3.8, 4) is 0 Å². The van der Waals surface area contributed by atoms with Crippen LogP contribution in [0, 0.1) is 0 Å². The van der Waals surface area contributed by atoms with Crippen molar-refractivity contribution < 1.29 is 60.2 Å². The van der Waals surface area contributed by atoms with E-state index < -0.39 is 73.3 Å². The average molecular weight is 356 g/mol. The van der Waals surface area contributed by atoms with Crippen LogP contribution < -0.4 is 0 Å². The molecule has 2 aliphatic rings. The van der Waals surface area contributed by atoms with Crippen LogP contribution in [0.3, 0.4) is 0 Å². The molecule has 2 heterocycles. The number of carbonyl (C=O) groups is 1. The summed E-state index contributed by atoms with van der Waals surface area (Å²) in [5.41, 5.74) is 0. The van der Waals surface area contributed by atoms with E-state index in [1.165, 1.54) is 0 Å². The zero-order valence-electron chi connectivity index (χ0n) is 12.2. The highest BCUT2D eigenvalue weighted by Crippen LogP contribution is 2.33. The third-order valence-electron chi connectivity index (χ3n) is 4.17. The molecule has 2 aliphatic heterocycles. The van der Waals surface area contributed by atoms with E-state index in [9.17, 15) is 45.6 Å². The molecule has 2 saturated heterocycles. The summed E-state index contributed by atoms with van der Waals surface area (Å²) >= 11 is 0. The number of hydrogen-bond donors (Lipinski definition) is 9. The minimum atomic E-state index is -3.22. The number of hydrogen-bond acceptors (Lipinski definition) is 12. The molecule has 10 atom stereocenters. The lowest BCUT2D eigenvalue weighted by Gasteiger charge is -2.47. The summed E-state index contributed by atoms with van der Waals surface area (Å²) in [6, 6.07) is 0. The largest absolute Gasteiger partial charge is 0.394 e. The molecule has 2 rings (SSSR count). The first-order chi connectivity index (χ1) is 11.1. The van der Waals surface area contributed by atoms with Gasteiger partial charge in [0, 0.05) is 0 Å². The van der Waals surface area contributed by atoms with Gasteiger partial charge in [-0.25, -0.2) is 0 Å². The average Bonchev–Trinajstić information content (AvgIpc) is 2.56. The predicted molar refractivity (Wildman–Crippen MR) is 68.8 cm³/mol. The molecule has 12 nitrogen and oxygen atoms in total. The molecule has 0 aliphatic carbocycles. The van der Waals surface area contributed by atoms with Crippen LogP contribution in [-0.4, -0.2) is 119 Å². The van der Waals surface area contributed by atoms with E-state index in [1.54, 1.807) is 0 Å². The van der Waals surface area contributed by atoms with Crippen LogP contribution in [0.1, 0.15) is 0 Å². The molecule has 5 unspecified atom stereocenters. The van der Waals surface area contributed by atoms with Crippen molar-refractivity contribution in [2.24, 2.45) is 0 Å². The molecule has 0 amide bonds. The van der Waals surface area contributed by atoms with Crippen molar-refractivity contribution in [2.45, 2.75) is 60.9 Å². The summed E-state index contributed by atoms with van der Waals surface area (Å²) in [5, 5.41) is 86.6. The Morgan fingerprint density at radius 2 is 1.46 bits per heavy atom. The maximum Gasteiger partial charge on any atom is 0.259 e. The molecule has 0 saturated carbocycles. The lowest BCUT2D eigenvalue weighted by molar-refractivity contribution is -0.341. The summed E-state index contributed by atoms with van der Waals surface area (Å²) < 4.78 is 9.39. The lowest BCUT2D eigenvalue weighted by Crippen LogP contribution is -2.72. The van der Waals surface area contributed by atoms with Crippen molar-refractivity contribution in [2.75, 3.05) is 6.61 Å². The second-order valence-electron chi connectivity index (χ2n) is 5.74. The molecular weight excluding hydrogens is 336 g/mol. The van der Waals surface area contributed by atoms with Gasteiger partial charge < -0.3 is 55.4 Å². The van der Waals surface area contributed by atoms with Gasteiger partial charge in [0.2, 0.25) is 5.78 Å². The zero-order chi connectivity index (χ0) is 18.4. The van der Waals surface area contributed by atoms with E-state index >= 15 is 0 Å². The van der Waals surface area contributed by atoms with Gasteiger partial charge in [0.05, 0.1) is 6.61 Å². The van der Waals surface area contributed by atoms with Gasteiger partial charge in [-0.05, 0) is 0 Å². The van der Waals surface area contributed by atoms with Crippen LogP contribution in [0.4, 0.5) is 0 Å². The number of aliphatic hydroxyl groups is 9. The van der Waals surface area contributed by atoms with E-state index in [2.05, 4.69) is 4.74 Å². The van der Waals surface area contributed by atoms with Crippen LogP contribution >= 0.6 is 0 Å². The van der Waals surface area contributed by atoms with E-state index in [0.29, 0.717) is 0 Å². The van der Waals surface area contributed by atoms with Gasteiger partial charge in [0.15, 0.2) is 12.4 Å². The smallest absolute Gasteiger partial charge is 0.259 e. The number of ether oxygens (including phenoxy) is 2. The molecule has 2 fully saturated rings. The highest BCUT2D eigenvalue weighted by Gasteiger charge is 2.61. The summed E-state index contributed by atoms with van der Waals surface area (Å²) in [4.78, 5) is 12.4. The van der Waals surface area contributed by atoms with Crippen molar-refractivity contribution in [3.05, 3.63) is 0 Å². The second-order valence-corrected chi connectivity index (χ2v) is 5.74. The quantitative estimate of drug-likeness (QED) is 0.230. The fourth-order valence-corrected chi connectivity index (χ4v) is 2.64. The van der Waals surface area contributed by atoms with Crippen LogP contribution in [0.2, 0.25) is 0 Å². The first-order valence-corrected chi connectivity index (χ1v) is 7.03. The lowest BCUT2D eigenvalue weighted by atomic mass is 9.85. The van der Waals surface area contributed by atoms with Crippen molar-refractivity contribution >= 4 is 5.78 Å². The Morgan fingerprint density at radius 3 is 2.00 bits per heavy atom. The SMILES string of the molecule is O=C(C1OC(O)C(O)C(O)C1O)[C@@]1(O)O[C@H](CO)[C@@H](O)[C@H](O)[C@@H]1O. The van der Waals surface area contributed by atoms with Gasteiger partial charge in [0.25, 0.3) is 5.79 Å². The third kappa shape index (κ3) is 2.95. The Morgan fingerprint density at radius 1 is 0.875 bits per heavy atom. The third-order valence-corrected chi connectivity index (χ3v) is 4.17. The van der Waals surface area contributed by atoms with E-state index in [4.69, 9.17) is 9.84 Å². The van der Waals surface area contributed by atoms with Crippen LogP contribution in [-0.2, 0) is 14.3 Å². The molecule has 24 heavy (non-hydrogen) atoms. The Balaban J connectivity index is 2.29. The normalized spacial score (nSPS) is 53.0. The maximum atomic E-state index is 12.4. The van der Waals surface area contributed by atoms with Crippen LogP contribution in [0.25, 0.3) is 0 Å². The fraction of sp³-hybridized carbons (Fsp3) is 0.917. The minimum absolute atomic E-state index is 0.932. The van der Waals surface area contributed by atoms with Gasteiger partial charge in [-0.15, -0.1) is 0 Å².